The van der Waals surface area contributed by atoms with Crippen molar-refractivity contribution in [3.05, 3.63) is 51.4 Å². The van der Waals surface area contributed by atoms with Crippen LogP contribution < -0.4 is 5.73 Å². The maximum Gasteiger partial charge on any atom is 0.100 e. The zero-order valence-corrected chi connectivity index (χ0v) is 13.0. The molecule has 0 amide bonds. The number of nitrogen functional groups attached to an aromatic ring is 1. The van der Waals surface area contributed by atoms with Crippen LogP contribution in [0.5, 0.6) is 0 Å². The van der Waals surface area contributed by atoms with Gasteiger partial charge < -0.3 is 5.73 Å². The number of fused-ring (bicyclic) bond motifs is 1. The molecule has 3 aromatic rings. The number of rotatable bonds is 1. The van der Waals surface area contributed by atoms with Gasteiger partial charge in [0.05, 0.1) is 22.4 Å². The van der Waals surface area contributed by atoms with Crippen LogP contribution in [-0.4, -0.2) is 9.55 Å². The Morgan fingerprint density at radius 2 is 1.84 bits per heavy atom. The second-order valence-electron chi connectivity index (χ2n) is 4.74. The van der Waals surface area contributed by atoms with E-state index in [4.69, 9.17) is 5.73 Å². The molecule has 3 rings (SSSR count). The first-order valence-electron chi connectivity index (χ1n) is 6.06. The Hall–Kier alpha value is -1.56. The van der Waals surface area contributed by atoms with E-state index in [-0.39, 0.29) is 0 Å². The average molecular weight is 363 g/mol. The van der Waals surface area contributed by atoms with Gasteiger partial charge in [-0.25, -0.2) is 4.98 Å². The van der Waals surface area contributed by atoms with Crippen LogP contribution in [0.15, 0.2) is 36.7 Å². The lowest BCUT2D eigenvalue weighted by Crippen LogP contribution is -1.99. The fourth-order valence-corrected chi connectivity index (χ4v) is 2.72. The molecule has 2 aromatic carbocycles. The Morgan fingerprint density at radius 3 is 2.58 bits per heavy atom. The lowest BCUT2D eigenvalue weighted by atomic mass is 10.1. The molecule has 0 aliphatic heterocycles. The molecule has 0 spiro atoms. The van der Waals surface area contributed by atoms with Crippen molar-refractivity contribution >= 4 is 39.3 Å². The van der Waals surface area contributed by atoms with E-state index in [1.165, 1.54) is 11.1 Å². The van der Waals surface area contributed by atoms with Crippen molar-refractivity contribution < 1.29 is 0 Å². The summed E-state index contributed by atoms with van der Waals surface area (Å²) in [5.41, 5.74) is 12.5. The van der Waals surface area contributed by atoms with Gasteiger partial charge in [-0.1, -0.05) is 0 Å². The number of anilines is 1. The van der Waals surface area contributed by atoms with Crippen LogP contribution in [0.1, 0.15) is 11.1 Å². The monoisotopic (exact) mass is 363 g/mol. The molecule has 0 radical (unpaired) electrons. The maximum absolute atomic E-state index is 6.12. The fraction of sp³-hybridized carbons (Fsp3) is 0.133. The number of hydrogen-bond acceptors (Lipinski definition) is 2. The highest BCUT2D eigenvalue weighted by Gasteiger charge is 2.09. The summed E-state index contributed by atoms with van der Waals surface area (Å²) in [6.45, 7) is 4.22. The Bertz CT molecular complexity index is 774. The van der Waals surface area contributed by atoms with Gasteiger partial charge in [0.25, 0.3) is 0 Å². The van der Waals surface area contributed by atoms with Crippen molar-refractivity contribution in [3.8, 4) is 5.69 Å². The molecular formula is C15H14IN3. The van der Waals surface area contributed by atoms with Crippen LogP contribution in [-0.2, 0) is 0 Å². The number of nitrogens with zero attached hydrogens (tertiary/aromatic N) is 2. The standard InChI is InChI=1S/C15H14IN3/c1-9-5-13-15(6-10(9)2)19(8-18-13)14-4-3-11(16)7-12(14)17/h3-8H,17H2,1-2H3. The molecule has 0 atom stereocenters. The average Bonchev–Trinajstić information content (AvgIpc) is 2.73. The van der Waals surface area contributed by atoms with E-state index in [2.05, 4.69) is 59.6 Å². The molecule has 0 saturated carbocycles. The minimum absolute atomic E-state index is 0.768. The third-order valence-electron chi connectivity index (χ3n) is 3.41. The van der Waals surface area contributed by atoms with E-state index in [0.717, 1.165) is 26.0 Å². The second kappa shape index (κ2) is 4.52. The highest BCUT2D eigenvalue weighted by atomic mass is 127. The highest BCUT2D eigenvalue weighted by Crippen LogP contribution is 2.26. The minimum atomic E-state index is 0.768. The predicted molar refractivity (Wildman–Crippen MR) is 87.7 cm³/mol. The number of benzene rings is 2. The molecule has 0 saturated heterocycles. The lowest BCUT2D eigenvalue weighted by Gasteiger charge is -2.09. The van der Waals surface area contributed by atoms with Crippen LogP contribution in [0.25, 0.3) is 16.7 Å². The predicted octanol–water partition coefficient (Wildman–Crippen LogP) is 3.83. The summed E-state index contributed by atoms with van der Waals surface area (Å²) < 4.78 is 3.18. The van der Waals surface area contributed by atoms with Crippen molar-refractivity contribution in [1.82, 2.24) is 9.55 Å². The molecule has 3 nitrogen and oxygen atoms in total. The maximum atomic E-state index is 6.12. The van der Waals surface area contributed by atoms with Crippen molar-refractivity contribution in [2.24, 2.45) is 0 Å². The molecule has 0 bridgehead atoms. The highest BCUT2D eigenvalue weighted by molar-refractivity contribution is 14.1. The van der Waals surface area contributed by atoms with Crippen molar-refractivity contribution in [3.63, 3.8) is 0 Å². The van der Waals surface area contributed by atoms with E-state index in [9.17, 15) is 0 Å². The summed E-state index contributed by atoms with van der Waals surface area (Å²) in [4.78, 5) is 4.47. The lowest BCUT2D eigenvalue weighted by molar-refractivity contribution is 1.09. The summed E-state index contributed by atoms with van der Waals surface area (Å²) in [7, 11) is 0. The van der Waals surface area contributed by atoms with Crippen LogP contribution in [0.2, 0.25) is 0 Å². The first-order valence-corrected chi connectivity index (χ1v) is 7.14. The number of aromatic nitrogens is 2. The minimum Gasteiger partial charge on any atom is -0.397 e. The number of hydrogen-bond donors (Lipinski definition) is 1. The topological polar surface area (TPSA) is 43.8 Å². The van der Waals surface area contributed by atoms with E-state index in [1.54, 1.807) is 0 Å². The van der Waals surface area contributed by atoms with Gasteiger partial charge in [0.2, 0.25) is 0 Å². The SMILES string of the molecule is Cc1cc2ncn(-c3ccc(I)cc3N)c2cc1C. The summed E-state index contributed by atoms with van der Waals surface area (Å²) in [5, 5.41) is 0. The molecule has 0 aliphatic carbocycles. The van der Waals surface area contributed by atoms with Gasteiger partial charge in [0.15, 0.2) is 0 Å². The molecule has 2 N–H and O–H groups in total. The van der Waals surface area contributed by atoms with E-state index in [1.807, 2.05) is 23.0 Å². The quantitative estimate of drug-likeness (QED) is 0.528. The number of halogens is 1. The molecule has 96 valence electrons. The van der Waals surface area contributed by atoms with Gasteiger partial charge in [-0.05, 0) is 77.9 Å². The molecular weight excluding hydrogens is 349 g/mol. The zero-order chi connectivity index (χ0) is 13.6. The Balaban J connectivity index is 2.28. The third kappa shape index (κ3) is 2.10. The molecule has 1 aromatic heterocycles. The Kier molecular flexibility index (Phi) is 2.97. The van der Waals surface area contributed by atoms with E-state index >= 15 is 0 Å². The van der Waals surface area contributed by atoms with Crippen LogP contribution >= 0.6 is 22.6 Å². The Labute approximate surface area is 125 Å². The summed E-state index contributed by atoms with van der Waals surface area (Å²) >= 11 is 2.26. The van der Waals surface area contributed by atoms with Gasteiger partial charge in [-0.15, -0.1) is 0 Å². The van der Waals surface area contributed by atoms with Crippen LogP contribution in [0.4, 0.5) is 5.69 Å². The smallest absolute Gasteiger partial charge is 0.100 e. The molecule has 4 heteroatoms. The van der Waals surface area contributed by atoms with Gasteiger partial charge in [0, 0.05) is 3.57 Å². The van der Waals surface area contributed by atoms with Crippen molar-refractivity contribution in [2.45, 2.75) is 13.8 Å². The molecule has 0 unspecified atom stereocenters. The van der Waals surface area contributed by atoms with Gasteiger partial charge >= 0.3 is 0 Å². The number of aryl methyl sites for hydroxylation is 2. The Morgan fingerprint density at radius 1 is 1.11 bits per heavy atom. The number of imidazole rings is 1. The van der Waals surface area contributed by atoms with Gasteiger partial charge in [0.1, 0.15) is 6.33 Å². The zero-order valence-electron chi connectivity index (χ0n) is 10.8. The van der Waals surface area contributed by atoms with Crippen LogP contribution in [0, 0.1) is 17.4 Å². The van der Waals surface area contributed by atoms with Gasteiger partial charge in [-0.3, -0.25) is 4.57 Å². The van der Waals surface area contributed by atoms with E-state index in [0.29, 0.717) is 0 Å². The van der Waals surface area contributed by atoms with Crippen molar-refractivity contribution in [1.29, 1.82) is 0 Å². The largest absolute Gasteiger partial charge is 0.397 e. The summed E-state index contributed by atoms with van der Waals surface area (Å²) in [5.74, 6) is 0. The number of nitrogens with two attached hydrogens (primary N) is 1. The van der Waals surface area contributed by atoms with Gasteiger partial charge in [-0.2, -0.15) is 0 Å². The van der Waals surface area contributed by atoms with Crippen LogP contribution in [0.3, 0.4) is 0 Å². The molecule has 0 fully saturated rings. The van der Waals surface area contributed by atoms with E-state index < -0.39 is 0 Å². The first kappa shape index (κ1) is 12.5. The second-order valence-corrected chi connectivity index (χ2v) is 5.99. The fourth-order valence-electron chi connectivity index (χ4n) is 2.20. The third-order valence-corrected chi connectivity index (χ3v) is 4.08. The van der Waals surface area contributed by atoms with Crippen molar-refractivity contribution in [2.75, 3.05) is 5.73 Å². The summed E-state index contributed by atoms with van der Waals surface area (Å²) in [6, 6.07) is 10.3. The normalized spacial score (nSPS) is 11.1. The molecule has 19 heavy (non-hydrogen) atoms. The molecule has 1 heterocycles. The summed E-state index contributed by atoms with van der Waals surface area (Å²) in [6.07, 6.45) is 1.84. The molecule has 0 aliphatic rings. The first-order chi connectivity index (χ1) is 9.06.